The van der Waals surface area contributed by atoms with Gasteiger partial charge in [-0.25, -0.2) is 9.97 Å². The molecule has 318 valence electrons. The van der Waals surface area contributed by atoms with Crippen molar-refractivity contribution in [3.63, 3.8) is 0 Å². The van der Waals surface area contributed by atoms with Crippen molar-refractivity contribution in [2.45, 2.75) is 105 Å². The second-order valence-corrected chi connectivity index (χ2v) is 21.0. The van der Waals surface area contributed by atoms with E-state index in [0.717, 1.165) is 55.7 Å². The largest absolute Gasteiger partial charge is 0.355 e. The molecule has 0 saturated carbocycles. The predicted molar refractivity (Wildman–Crippen MR) is 264 cm³/mol. The molecule has 7 nitrogen and oxygen atoms in total. The van der Waals surface area contributed by atoms with Crippen LogP contribution in [0.3, 0.4) is 0 Å². The van der Waals surface area contributed by atoms with E-state index in [1.807, 2.05) is 12.2 Å². The Morgan fingerprint density at radius 2 is 0.857 bits per heavy atom. The van der Waals surface area contributed by atoms with Crippen LogP contribution in [0, 0.1) is 22.0 Å². The average molecular weight is 832 g/mol. The lowest BCUT2D eigenvalue weighted by Gasteiger charge is -2.26. The predicted octanol–water partition coefficient (Wildman–Crippen LogP) is 14.5. The molecular weight excluding hydrogens is 775 g/mol. The summed E-state index contributed by atoms with van der Waals surface area (Å²) in [5.74, 6) is 6.73. The van der Waals surface area contributed by atoms with E-state index in [2.05, 4.69) is 184 Å². The first kappa shape index (κ1) is 42.9. The van der Waals surface area contributed by atoms with Crippen LogP contribution in [-0.4, -0.2) is 24.9 Å². The van der Waals surface area contributed by atoms with Crippen molar-refractivity contribution < 1.29 is 4.92 Å². The number of aromatic amines is 2. The number of nitrogens with zero attached hydrogens (tertiary/aromatic N) is 3. The van der Waals surface area contributed by atoms with Crippen molar-refractivity contribution >= 4 is 52.1 Å². The summed E-state index contributed by atoms with van der Waals surface area (Å²) < 4.78 is 0. The fraction of sp³-hybridized carbons (Fsp3) is 0.286. The summed E-state index contributed by atoms with van der Waals surface area (Å²) in [4.78, 5) is 29.4. The lowest BCUT2D eigenvalue weighted by molar-refractivity contribution is -0.384. The highest BCUT2D eigenvalue weighted by Crippen LogP contribution is 2.40. The standard InChI is InChI=1S/C56H57N5O2/c1-53(2,3)37-27-35(28-38(31-37)54(4,5)6)51-47-21-16-41(57-47)33-42-17-22-48(58-42)52(36-29-39(55(7,8)9)32-40(30-36)56(10,11)12)50-26-24-46(60-50)44(45-23-25-49(51)59-45)20-15-34-13-18-43(19-14-34)61(62)63/h13-14,16-19,21-33,57-58H,1-12H3. The number of benzene rings is 3. The molecule has 0 aliphatic carbocycles. The summed E-state index contributed by atoms with van der Waals surface area (Å²) in [6.45, 7) is 27.1. The Hall–Kier alpha value is -6.78. The molecule has 6 aromatic rings. The van der Waals surface area contributed by atoms with Crippen molar-refractivity contribution in [3.05, 3.63) is 157 Å². The zero-order valence-corrected chi connectivity index (χ0v) is 38.6. The normalized spacial score (nSPS) is 13.0. The zero-order valence-electron chi connectivity index (χ0n) is 38.6. The van der Waals surface area contributed by atoms with Crippen LogP contribution in [0.1, 0.15) is 139 Å². The first-order valence-electron chi connectivity index (χ1n) is 21.7. The number of non-ortho nitro benzene ring substituents is 1. The highest BCUT2D eigenvalue weighted by molar-refractivity contribution is 5.94. The van der Waals surface area contributed by atoms with Crippen LogP contribution in [0.2, 0.25) is 0 Å². The monoisotopic (exact) mass is 831 g/mol. The third-order valence-electron chi connectivity index (χ3n) is 11.9. The maximum atomic E-state index is 11.5. The molecule has 8 rings (SSSR count). The number of hydrogen-bond donors (Lipinski definition) is 2. The number of H-pyrrole nitrogens is 2. The second kappa shape index (κ2) is 15.5. The fourth-order valence-corrected chi connectivity index (χ4v) is 7.95. The van der Waals surface area contributed by atoms with Crippen molar-refractivity contribution in [3.8, 4) is 34.1 Å². The van der Waals surface area contributed by atoms with E-state index in [1.54, 1.807) is 12.1 Å². The Bertz CT molecular complexity index is 2880. The first-order valence-corrected chi connectivity index (χ1v) is 21.7. The van der Waals surface area contributed by atoms with Crippen LogP contribution in [0.5, 0.6) is 0 Å². The Kier molecular flexibility index (Phi) is 10.6. The molecule has 0 saturated heterocycles. The van der Waals surface area contributed by atoms with E-state index >= 15 is 0 Å². The van der Waals surface area contributed by atoms with Crippen LogP contribution in [0.15, 0.2) is 91.0 Å². The second-order valence-electron chi connectivity index (χ2n) is 21.0. The Morgan fingerprint density at radius 1 is 0.476 bits per heavy atom. The van der Waals surface area contributed by atoms with Gasteiger partial charge in [-0.1, -0.05) is 131 Å². The molecule has 2 aliphatic rings. The van der Waals surface area contributed by atoms with Crippen molar-refractivity contribution in [2.75, 3.05) is 0 Å². The molecule has 0 amide bonds. The van der Waals surface area contributed by atoms with Gasteiger partial charge in [0, 0.05) is 50.9 Å². The summed E-state index contributed by atoms with van der Waals surface area (Å²) >= 11 is 0. The molecule has 7 heteroatoms. The van der Waals surface area contributed by atoms with Gasteiger partial charge in [0.1, 0.15) is 0 Å². The fourth-order valence-electron chi connectivity index (χ4n) is 7.95. The Labute approximate surface area is 371 Å². The zero-order chi connectivity index (χ0) is 45.2. The van der Waals surface area contributed by atoms with Crippen molar-refractivity contribution in [1.29, 1.82) is 0 Å². The number of nitro benzene ring substituents is 1. The van der Waals surface area contributed by atoms with Gasteiger partial charge in [0.15, 0.2) is 0 Å². The van der Waals surface area contributed by atoms with Crippen LogP contribution < -0.4 is 0 Å². The number of hydrogen-bond acceptors (Lipinski definition) is 4. The van der Waals surface area contributed by atoms with Crippen LogP contribution >= 0.6 is 0 Å². The van der Waals surface area contributed by atoms with Gasteiger partial charge >= 0.3 is 0 Å². The van der Waals surface area contributed by atoms with Gasteiger partial charge in [-0.2, -0.15) is 0 Å². The van der Waals surface area contributed by atoms with Gasteiger partial charge in [-0.15, -0.1) is 0 Å². The summed E-state index contributed by atoms with van der Waals surface area (Å²) in [5.41, 5.74) is 16.9. The Morgan fingerprint density at radius 3 is 1.22 bits per heavy atom. The summed E-state index contributed by atoms with van der Waals surface area (Å²) in [6.07, 6.45) is 8.20. The SMILES string of the molecule is CC(C)(C)c1cc(-c2c3nc(c(C#Cc4ccc([N+](=O)[O-])cc4)c4nc(c(-c5cc(C(C)(C)C)cc(C(C)(C)C)c5)c5ccc(cc6ccc2[nH]6)[nH]5)C=C4)C=C3)cc(C(C)(C)C)c1. The van der Waals surface area contributed by atoms with Crippen LogP contribution in [0.4, 0.5) is 5.69 Å². The minimum Gasteiger partial charge on any atom is -0.355 e. The van der Waals surface area contributed by atoms with Crippen LogP contribution in [0.25, 0.3) is 68.6 Å². The molecule has 0 atom stereocenters. The topological polar surface area (TPSA) is 100 Å². The van der Waals surface area contributed by atoms with E-state index in [1.165, 1.54) is 34.4 Å². The number of nitro groups is 1. The van der Waals surface area contributed by atoms with E-state index < -0.39 is 4.92 Å². The van der Waals surface area contributed by atoms with E-state index in [4.69, 9.17) is 9.97 Å². The molecule has 2 N–H and O–H groups in total. The highest BCUT2D eigenvalue weighted by Gasteiger charge is 2.25. The molecule has 3 aromatic carbocycles. The number of nitrogens with one attached hydrogen (secondary N) is 2. The molecule has 5 heterocycles. The molecule has 63 heavy (non-hydrogen) atoms. The van der Waals surface area contributed by atoms with Gasteiger partial charge in [0.2, 0.25) is 0 Å². The van der Waals surface area contributed by atoms with Gasteiger partial charge < -0.3 is 9.97 Å². The quantitative estimate of drug-likeness (QED) is 0.105. The van der Waals surface area contributed by atoms with E-state index in [9.17, 15) is 10.1 Å². The van der Waals surface area contributed by atoms with Gasteiger partial charge in [0.05, 0.1) is 33.3 Å². The minimum absolute atomic E-state index is 0.0153. The molecule has 2 aliphatic heterocycles. The van der Waals surface area contributed by atoms with Crippen LogP contribution in [-0.2, 0) is 21.7 Å². The highest BCUT2D eigenvalue weighted by atomic mass is 16.6. The molecule has 8 bridgehead atoms. The van der Waals surface area contributed by atoms with Gasteiger partial charge in [0.25, 0.3) is 5.69 Å². The van der Waals surface area contributed by atoms with Gasteiger partial charge in [-0.3, -0.25) is 10.1 Å². The number of fused-ring (bicyclic) bond motifs is 8. The molecule has 0 fully saturated rings. The minimum atomic E-state index is -0.400. The molecular formula is C56H57N5O2. The molecule has 3 aromatic heterocycles. The molecule has 0 radical (unpaired) electrons. The maximum Gasteiger partial charge on any atom is 0.269 e. The summed E-state index contributed by atoms with van der Waals surface area (Å²) in [6, 6.07) is 30.9. The molecule has 0 unspecified atom stereocenters. The number of aromatic nitrogens is 4. The van der Waals surface area contributed by atoms with Gasteiger partial charge in [-0.05, 0) is 122 Å². The third kappa shape index (κ3) is 8.95. The lowest BCUT2D eigenvalue weighted by Crippen LogP contribution is -2.16. The summed E-state index contributed by atoms with van der Waals surface area (Å²) in [7, 11) is 0. The maximum absolute atomic E-state index is 11.5. The summed E-state index contributed by atoms with van der Waals surface area (Å²) in [5, 5.41) is 11.5. The Balaban J connectivity index is 1.50. The lowest BCUT2D eigenvalue weighted by atomic mass is 9.78. The third-order valence-corrected chi connectivity index (χ3v) is 11.9. The van der Waals surface area contributed by atoms with Crippen molar-refractivity contribution in [2.24, 2.45) is 0 Å². The number of rotatable bonds is 3. The van der Waals surface area contributed by atoms with E-state index in [0.29, 0.717) is 22.5 Å². The average Bonchev–Trinajstić information content (AvgIpc) is 4.04. The van der Waals surface area contributed by atoms with Crippen molar-refractivity contribution in [1.82, 2.24) is 19.9 Å². The smallest absolute Gasteiger partial charge is 0.269 e. The van der Waals surface area contributed by atoms with E-state index in [-0.39, 0.29) is 27.3 Å². The first-order chi connectivity index (χ1) is 29.5. The molecule has 0 spiro atoms.